The van der Waals surface area contributed by atoms with Crippen LogP contribution in [0.4, 0.5) is 0 Å². The van der Waals surface area contributed by atoms with Gasteiger partial charge in [0.1, 0.15) is 0 Å². The van der Waals surface area contributed by atoms with Crippen LogP contribution >= 0.6 is 0 Å². The minimum Gasteiger partial charge on any atom is -0.0654 e. The molecule has 1 rings (SSSR count). The first-order chi connectivity index (χ1) is 4.34. The minimum absolute atomic E-state index is 1.07. The Morgan fingerprint density at radius 3 is 2.44 bits per heavy atom. The van der Waals surface area contributed by atoms with Crippen molar-refractivity contribution in [2.24, 2.45) is 11.8 Å². The van der Waals surface area contributed by atoms with E-state index in [2.05, 4.69) is 13.8 Å². The van der Waals surface area contributed by atoms with Gasteiger partial charge in [0, 0.05) is 0 Å². The molecule has 1 aliphatic rings. The van der Waals surface area contributed by atoms with Gasteiger partial charge in [0.15, 0.2) is 0 Å². The Bertz CT molecular complexity index is 76.1. The molecule has 0 spiro atoms. The van der Waals surface area contributed by atoms with E-state index in [1.807, 2.05) is 0 Å². The molecule has 0 aromatic rings. The molecule has 9 heavy (non-hydrogen) atoms. The molecule has 0 nitrogen and oxygen atoms in total. The molecule has 0 heteroatoms. The summed E-state index contributed by atoms with van der Waals surface area (Å²) >= 11 is 0. The SMILES string of the molecule is CCCCCC1C[C@H]1C. The van der Waals surface area contributed by atoms with E-state index in [1.54, 1.807) is 0 Å². The second-order valence-corrected chi connectivity index (χ2v) is 3.47. The van der Waals surface area contributed by atoms with Gasteiger partial charge in [0.25, 0.3) is 0 Å². The lowest BCUT2D eigenvalue weighted by molar-refractivity contribution is 0.595. The van der Waals surface area contributed by atoms with E-state index in [4.69, 9.17) is 0 Å². The highest BCUT2D eigenvalue weighted by atomic mass is 14.4. The summed E-state index contributed by atoms with van der Waals surface area (Å²) in [4.78, 5) is 0. The predicted octanol–water partition coefficient (Wildman–Crippen LogP) is 3.22. The van der Waals surface area contributed by atoms with E-state index in [-0.39, 0.29) is 0 Å². The van der Waals surface area contributed by atoms with E-state index in [9.17, 15) is 0 Å². The average molecular weight is 126 g/mol. The minimum atomic E-state index is 1.07. The summed E-state index contributed by atoms with van der Waals surface area (Å²) < 4.78 is 0. The van der Waals surface area contributed by atoms with Gasteiger partial charge in [-0.25, -0.2) is 0 Å². The van der Waals surface area contributed by atoms with Crippen LogP contribution in [0.1, 0.15) is 46.0 Å². The van der Waals surface area contributed by atoms with Gasteiger partial charge in [-0.1, -0.05) is 39.5 Å². The van der Waals surface area contributed by atoms with Crippen molar-refractivity contribution < 1.29 is 0 Å². The van der Waals surface area contributed by atoms with Crippen LogP contribution in [0.2, 0.25) is 0 Å². The maximum absolute atomic E-state index is 2.37. The predicted molar refractivity (Wildman–Crippen MR) is 41.4 cm³/mol. The fraction of sp³-hybridized carbons (Fsp3) is 1.00. The van der Waals surface area contributed by atoms with Gasteiger partial charge >= 0.3 is 0 Å². The zero-order valence-corrected chi connectivity index (χ0v) is 6.69. The molecular weight excluding hydrogens is 108 g/mol. The van der Waals surface area contributed by atoms with Gasteiger partial charge in [0.05, 0.1) is 0 Å². The van der Waals surface area contributed by atoms with Crippen molar-refractivity contribution in [2.75, 3.05) is 0 Å². The molecular formula is C9H18. The molecule has 0 heterocycles. The molecule has 1 aliphatic carbocycles. The standard InChI is InChI=1S/C9H18/c1-3-4-5-6-9-7-8(9)2/h8-9H,3-7H2,1-2H3/t8-,9?/m1/s1. The summed E-state index contributed by atoms with van der Waals surface area (Å²) in [6, 6.07) is 0. The van der Waals surface area contributed by atoms with E-state index >= 15 is 0 Å². The van der Waals surface area contributed by atoms with Gasteiger partial charge in [-0.3, -0.25) is 0 Å². The zero-order chi connectivity index (χ0) is 6.69. The second-order valence-electron chi connectivity index (χ2n) is 3.47. The third-order valence-corrected chi connectivity index (χ3v) is 2.45. The number of unbranched alkanes of at least 4 members (excludes halogenated alkanes) is 2. The average Bonchev–Trinajstić information content (AvgIpc) is 2.48. The Morgan fingerprint density at radius 2 is 2.00 bits per heavy atom. The molecule has 1 fully saturated rings. The first kappa shape index (κ1) is 7.11. The van der Waals surface area contributed by atoms with Crippen LogP contribution in [0, 0.1) is 11.8 Å². The Labute approximate surface area is 58.7 Å². The van der Waals surface area contributed by atoms with Crippen molar-refractivity contribution in [1.82, 2.24) is 0 Å². The molecule has 0 radical (unpaired) electrons. The van der Waals surface area contributed by atoms with E-state index < -0.39 is 0 Å². The Balaban J connectivity index is 1.83. The maximum Gasteiger partial charge on any atom is -0.0386 e. The number of rotatable bonds is 4. The van der Waals surface area contributed by atoms with E-state index in [1.165, 1.54) is 32.1 Å². The first-order valence-electron chi connectivity index (χ1n) is 4.34. The van der Waals surface area contributed by atoms with Crippen molar-refractivity contribution >= 4 is 0 Å². The Hall–Kier alpha value is 0. The number of hydrogen-bond donors (Lipinski definition) is 0. The molecule has 2 atom stereocenters. The Morgan fingerprint density at radius 1 is 1.33 bits per heavy atom. The smallest absolute Gasteiger partial charge is 0.0386 e. The van der Waals surface area contributed by atoms with Crippen molar-refractivity contribution in [2.45, 2.75) is 46.0 Å². The summed E-state index contributed by atoms with van der Waals surface area (Å²) in [5, 5.41) is 0. The molecule has 1 unspecified atom stereocenters. The van der Waals surface area contributed by atoms with Gasteiger partial charge in [-0.05, 0) is 18.3 Å². The van der Waals surface area contributed by atoms with Gasteiger partial charge in [0.2, 0.25) is 0 Å². The van der Waals surface area contributed by atoms with Gasteiger partial charge in [-0.2, -0.15) is 0 Å². The lowest BCUT2D eigenvalue weighted by atomic mass is 10.1. The zero-order valence-electron chi connectivity index (χ0n) is 6.69. The van der Waals surface area contributed by atoms with Crippen molar-refractivity contribution in [1.29, 1.82) is 0 Å². The monoisotopic (exact) mass is 126 g/mol. The quantitative estimate of drug-likeness (QED) is 0.507. The molecule has 0 aromatic carbocycles. The molecule has 0 saturated heterocycles. The Kier molecular flexibility index (Phi) is 2.56. The second kappa shape index (κ2) is 3.24. The van der Waals surface area contributed by atoms with Crippen molar-refractivity contribution in [3.05, 3.63) is 0 Å². The van der Waals surface area contributed by atoms with Crippen LogP contribution in [0.25, 0.3) is 0 Å². The van der Waals surface area contributed by atoms with Crippen molar-refractivity contribution in [3.8, 4) is 0 Å². The summed E-state index contributed by atoms with van der Waals surface area (Å²) in [5.41, 5.74) is 0. The van der Waals surface area contributed by atoms with Crippen LogP contribution in [-0.4, -0.2) is 0 Å². The molecule has 0 aliphatic heterocycles. The fourth-order valence-corrected chi connectivity index (χ4v) is 1.46. The van der Waals surface area contributed by atoms with Crippen LogP contribution in [0.15, 0.2) is 0 Å². The van der Waals surface area contributed by atoms with E-state index in [0.29, 0.717) is 0 Å². The fourth-order valence-electron chi connectivity index (χ4n) is 1.46. The summed E-state index contributed by atoms with van der Waals surface area (Å²) in [5.74, 6) is 2.19. The molecule has 0 amide bonds. The summed E-state index contributed by atoms with van der Waals surface area (Å²) in [7, 11) is 0. The maximum atomic E-state index is 2.37. The van der Waals surface area contributed by atoms with E-state index in [0.717, 1.165) is 11.8 Å². The van der Waals surface area contributed by atoms with Gasteiger partial charge < -0.3 is 0 Å². The third-order valence-electron chi connectivity index (χ3n) is 2.45. The van der Waals surface area contributed by atoms with Crippen LogP contribution in [-0.2, 0) is 0 Å². The molecule has 0 N–H and O–H groups in total. The molecule has 54 valence electrons. The lowest BCUT2D eigenvalue weighted by Gasteiger charge is -1.94. The topological polar surface area (TPSA) is 0 Å². The highest BCUT2D eigenvalue weighted by Crippen LogP contribution is 2.41. The molecule has 0 aromatic heterocycles. The lowest BCUT2D eigenvalue weighted by Crippen LogP contribution is -1.79. The normalized spacial score (nSPS) is 32.7. The van der Waals surface area contributed by atoms with Gasteiger partial charge in [-0.15, -0.1) is 0 Å². The van der Waals surface area contributed by atoms with Crippen LogP contribution in [0.3, 0.4) is 0 Å². The van der Waals surface area contributed by atoms with Crippen LogP contribution < -0.4 is 0 Å². The molecule has 0 bridgehead atoms. The highest BCUT2D eigenvalue weighted by Gasteiger charge is 2.30. The summed E-state index contributed by atoms with van der Waals surface area (Å²) in [6.45, 7) is 4.65. The van der Waals surface area contributed by atoms with Crippen molar-refractivity contribution in [3.63, 3.8) is 0 Å². The highest BCUT2D eigenvalue weighted by molar-refractivity contribution is 4.81. The number of hydrogen-bond acceptors (Lipinski definition) is 0. The largest absolute Gasteiger partial charge is 0.0654 e. The summed E-state index contributed by atoms with van der Waals surface area (Å²) in [6.07, 6.45) is 7.33. The molecule has 1 saturated carbocycles. The third kappa shape index (κ3) is 2.38. The first-order valence-corrected chi connectivity index (χ1v) is 4.34. The van der Waals surface area contributed by atoms with Crippen LogP contribution in [0.5, 0.6) is 0 Å².